The van der Waals surface area contributed by atoms with Crippen molar-refractivity contribution in [3.63, 3.8) is 0 Å². The van der Waals surface area contributed by atoms with Crippen LogP contribution in [-0.4, -0.2) is 27.8 Å². The van der Waals surface area contributed by atoms with Gasteiger partial charge in [-0.05, 0) is 62.1 Å². The van der Waals surface area contributed by atoms with E-state index >= 15 is 0 Å². The number of aromatic nitrogens is 2. The van der Waals surface area contributed by atoms with E-state index in [1.807, 2.05) is 35.9 Å². The molecule has 0 radical (unpaired) electrons. The number of nitrogens with zero attached hydrogens (tertiary/aromatic N) is 2. The van der Waals surface area contributed by atoms with Gasteiger partial charge in [0.1, 0.15) is 0 Å². The van der Waals surface area contributed by atoms with Gasteiger partial charge in [0, 0.05) is 17.1 Å². The molecule has 2 bridgehead atoms. The summed E-state index contributed by atoms with van der Waals surface area (Å²) in [7, 11) is 0. The Bertz CT molecular complexity index is 819. The van der Waals surface area contributed by atoms with Crippen LogP contribution in [0.5, 0.6) is 0 Å². The van der Waals surface area contributed by atoms with Gasteiger partial charge in [0.15, 0.2) is 0 Å². The summed E-state index contributed by atoms with van der Waals surface area (Å²) in [5, 5.41) is 8.46. The van der Waals surface area contributed by atoms with Crippen molar-refractivity contribution in [1.82, 2.24) is 15.1 Å². The number of benzene rings is 1. The molecule has 2 saturated carbocycles. The zero-order valence-corrected chi connectivity index (χ0v) is 16.5. The molecular formula is C21H27ClN4O. The summed E-state index contributed by atoms with van der Waals surface area (Å²) in [6.45, 7) is 2.04. The van der Waals surface area contributed by atoms with Crippen molar-refractivity contribution in [2.75, 3.05) is 0 Å². The summed E-state index contributed by atoms with van der Waals surface area (Å²) in [5.74, 6) is 0.992. The second kappa shape index (κ2) is 7.64. The van der Waals surface area contributed by atoms with Crippen LogP contribution in [0.4, 0.5) is 0 Å². The van der Waals surface area contributed by atoms with E-state index in [4.69, 9.17) is 17.3 Å². The van der Waals surface area contributed by atoms with Gasteiger partial charge in [-0.25, -0.2) is 4.68 Å². The minimum absolute atomic E-state index is 0.0162. The molecule has 144 valence electrons. The maximum absolute atomic E-state index is 13.1. The number of hydrogen-bond donors (Lipinski definition) is 2. The Morgan fingerprint density at radius 3 is 2.74 bits per heavy atom. The van der Waals surface area contributed by atoms with Gasteiger partial charge < -0.3 is 11.1 Å². The Hall–Kier alpha value is -1.85. The zero-order valence-electron chi connectivity index (χ0n) is 15.7. The number of nitrogens with one attached hydrogen (secondary N) is 1. The summed E-state index contributed by atoms with van der Waals surface area (Å²) < 4.78 is 1.82. The number of hydrogen-bond acceptors (Lipinski definition) is 3. The van der Waals surface area contributed by atoms with E-state index in [9.17, 15) is 4.79 Å². The summed E-state index contributed by atoms with van der Waals surface area (Å²) in [6.07, 6.45) is 8.02. The number of fused-ring (bicyclic) bond motifs is 2. The van der Waals surface area contributed by atoms with E-state index in [1.165, 1.54) is 6.42 Å². The predicted octanol–water partition coefficient (Wildman–Crippen LogP) is 3.72. The van der Waals surface area contributed by atoms with Gasteiger partial charge in [-0.2, -0.15) is 5.10 Å². The predicted molar refractivity (Wildman–Crippen MR) is 107 cm³/mol. The maximum Gasteiger partial charge on any atom is 0.255 e. The van der Waals surface area contributed by atoms with Crippen molar-refractivity contribution >= 4 is 17.5 Å². The number of rotatable bonds is 4. The first-order valence-corrected chi connectivity index (χ1v) is 10.3. The highest BCUT2D eigenvalue weighted by Gasteiger charge is 2.40. The minimum Gasteiger partial charge on any atom is -0.349 e. The van der Waals surface area contributed by atoms with Crippen LogP contribution < -0.4 is 11.1 Å². The first kappa shape index (κ1) is 18.5. The van der Waals surface area contributed by atoms with Gasteiger partial charge in [0.25, 0.3) is 5.91 Å². The number of halogens is 1. The average Bonchev–Trinajstić information content (AvgIpc) is 3.06. The molecule has 0 saturated heterocycles. The van der Waals surface area contributed by atoms with E-state index in [1.54, 1.807) is 6.20 Å². The summed E-state index contributed by atoms with van der Waals surface area (Å²) >= 11 is 6.12. The molecule has 2 unspecified atom stereocenters. The standard InChI is InChI=1S/C21H27ClN4O/c1-2-19-18(12-24-26(19)17-8-4-7-15(22)11-17)21(27)25-20-13-5-3-6-14(20)10-16(23)9-13/h4,7-8,11-14,16,20H,2-3,5-6,9-10,23H2,1H3,(H,25,27). The molecule has 1 aromatic carbocycles. The van der Waals surface area contributed by atoms with E-state index in [2.05, 4.69) is 10.4 Å². The molecule has 27 heavy (non-hydrogen) atoms. The second-order valence-electron chi connectivity index (χ2n) is 7.93. The third kappa shape index (κ3) is 3.63. The summed E-state index contributed by atoms with van der Waals surface area (Å²) in [4.78, 5) is 13.1. The lowest BCUT2D eigenvalue weighted by Crippen LogP contribution is -2.53. The van der Waals surface area contributed by atoms with Gasteiger partial charge in [-0.1, -0.05) is 31.0 Å². The molecule has 0 aliphatic heterocycles. The monoisotopic (exact) mass is 386 g/mol. The number of amides is 1. The first-order valence-electron chi connectivity index (χ1n) is 9.96. The van der Waals surface area contributed by atoms with Crippen molar-refractivity contribution < 1.29 is 4.79 Å². The van der Waals surface area contributed by atoms with E-state index in [-0.39, 0.29) is 18.0 Å². The van der Waals surface area contributed by atoms with Crippen LogP contribution in [0.25, 0.3) is 5.69 Å². The van der Waals surface area contributed by atoms with Crippen molar-refractivity contribution in [1.29, 1.82) is 0 Å². The number of nitrogens with two attached hydrogens (primary N) is 1. The van der Waals surface area contributed by atoms with Gasteiger partial charge in [-0.15, -0.1) is 0 Å². The van der Waals surface area contributed by atoms with Gasteiger partial charge in [0.2, 0.25) is 0 Å². The van der Waals surface area contributed by atoms with Crippen molar-refractivity contribution in [2.24, 2.45) is 17.6 Å². The van der Waals surface area contributed by atoms with Crippen LogP contribution >= 0.6 is 11.6 Å². The van der Waals surface area contributed by atoms with Gasteiger partial charge in [0.05, 0.1) is 23.1 Å². The van der Waals surface area contributed by atoms with Gasteiger partial charge in [-0.3, -0.25) is 4.79 Å². The lowest BCUT2D eigenvalue weighted by molar-refractivity contribution is 0.0755. The van der Waals surface area contributed by atoms with E-state index < -0.39 is 0 Å². The molecular weight excluding hydrogens is 360 g/mol. The van der Waals surface area contributed by atoms with Crippen LogP contribution in [0.3, 0.4) is 0 Å². The van der Waals surface area contributed by atoms with Gasteiger partial charge >= 0.3 is 0 Å². The Kier molecular flexibility index (Phi) is 5.24. The normalized spacial score (nSPS) is 27.4. The molecule has 2 aromatic rings. The molecule has 1 heterocycles. The van der Waals surface area contributed by atoms with Crippen molar-refractivity contribution in [3.8, 4) is 5.69 Å². The second-order valence-corrected chi connectivity index (χ2v) is 8.37. The SMILES string of the molecule is CCc1c(C(=O)NC2C3CCCC2CC(N)C3)cnn1-c1cccc(Cl)c1. The largest absolute Gasteiger partial charge is 0.349 e. The molecule has 6 heteroatoms. The molecule has 1 amide bonds. The van der Waals surface area contributed by atoms with Crippen LogP contribution in [0, 0.1) is 11.8 Å². The first-order chi connectivity index (χ1) is 13.1. The topological polar surface area (TPSA) is 72.9 Å². The molecule has 0 spiro atoms. The lowest BCUT2D eigenvalue weighted by atomic mass is 9.67. The smallest absolute Gasteiger partial charge is 0.255 e. The summed E-state index contributed by atoms with van der Waals surface area (Å²) in [6, 6.07) is 8.07. The lowest BCUT2D eigenvalue weighted by Gasteiger charge is -2.45. The Morgan fingerprint density at radius 2 is 2.07 bits per heavy atom. The quantitative estimate of drug-likeness (QED) is 0.840. The molecule has 2 atom stereocenters. The molecule has 2 aliphatic carbocycles. The Morgan fingerprint density at radius 1 is 1.33 bits per heavy atom. The maximum atomic E-state index is 13.1. The third-order valence-corrected chi connectivity index (χ3v) is 6.41. The highest BCUT2D eigenvalue weighted by molar-refractivity contribution is 6.30. The molecule has 2 aliphatic rings. The molecule has 4 rings (SSSR count). The molecule has 5 nitrogen and oxygen atoms in total. The molecule has 2 fully saturated rings. The Balaban J connectivity index is 1.57. The average molecular weight is 387 g/mol. The number of carbonyl (C=O) groups excluding carboxylic acids is 1. The number of carbonyl (C=O) groups is 1. The fourth-order valence-electron chi connectivity index (χ4n) is 4.99. The van der Waals surface area contributed by atoms with E-state index in [0.717, 1.165) is 43.5 Å². The van der Waals surface area contributed by atoms with E-state index in [0.29, 0.717) is 22.4 Å². The fraction of sp³-hybridized carbons (Fsp3) is 0.524. The fourth-order valence-corrected chi connectivity index (χ4v) is 5.17. The van der Waals surface area contributed by atoms with Crippen LogP contribution in [0.15, 0.2) is 30.5 Å². The van der Waals surface area contributed by atoms with Crippen molar-refractivity contribution in [2.45, 2.75) is 57.5 Å². The van der Waals surface area contributed by atoms with Crippen LogP contribution in [0.1, 0.15) is 55.1 Å². The Labute approximate surface area is 165 Å². The highest BCUT2D eigenvalue weighted by atomic mass is 35.5. The highest BCUT2D eigenvalue weighted by Crippen LogP contribution is 2.39. The van der Waals surface area contributed by atoms with Crippen molar-refractivity contribution in [3.05, 3.63) is 46.7 Å². The molecule has 3 N–H and O–H groups in total. The van der Waals surface area contributed by atoms with Crippen LogP contribution in [-0.2, 0) is 6.42 Å². The summed E-state index contributed by atoms with van der Waals surface area (Å²) in [5.41, 5.74) is 8.66. The van der Waals surface area contributed by atoms with Crippen LogP contribution in [0.2, 0.25) is 5.02 Å². The minimum atomic E-state index is -0.0162. The third-order valence-electron chi connectivity index (χ3n) is 6.18. The zero-order chi connectivity index (χ0) is 19.0. The molecule has 1 aromatic heterocycles.